The van der Waals surface area contributed by atoms with Gasteiger partial charge in [0.25, 0.3) is 0 Å². The topological polar surface area (TPSA) is 34.0 Å². The highest BCUT2D eigenvalue weighted by molar-refractivity contribution is 8.12. The van der Waals surface area contributed by atoms with Gasteiger partial charge in [-0.1, -0.05) is 17.7 Å². The summed E-state index contributed by atoms with van der Waals surface area (Å²) in [5.41, 5.74) is 4.11. The lowest BCUT2D eigenvalue weighted by Crippen LogP contribution is -2.10. The molecule has 1 aliphatic heterocycles. The number of ether oxygens (including phenoxy) is 1. The van der Waals surface area contributed by atoms with Crippen molar-refractivity contribution in [2.75, 3.05) is 12.4 Å². The van der Waals surface area contributed by atoms with Gasteiger partial charge in [-0.15, -0.1) is 11.8 Å². The van der Waals surface area contributed by atoms with E-state index in [-0.39, 0.29) is 0 Å². The van der Waals surface area contributed by atoms with E-state index in [1.807, 2.05) is 24.3 Å². The second-order valence-corrected chi connectivity index (χ2v) is 4.44. The lowest BCUT2D eigenvalue weighted by atomic mass is 10.2. The first-order chi connectivity index (χ1) is 7.84. The summed E-state index contributed by atoms with van der Waals surface area (Å²) >= 11 is 1.67. The SMILES string of the molecule is Cc1ccc(OCCC2=NN=CSC2)cc1. The fourth-order valence-corrected chi connectivity index (χ4v) is 1.93. The monoisotopic (exact) mass is 234 g/mol. The predicted octanol–water partition coefficient (Wildman–Crippen LogP) is 2.90. The number of nitrogens with zero attached hydrogens (tertiary/aromatic N) is 2. The molecule has 0 bridgehead atoms. The highest BCUT2D eigenvalue weighted by Crippen LogP contribution is 2.12. The third-order valence-corrected chi connectivity index (χ3v) is 2.99. The Morgan fingerprint density at radius 2 is 2.12 bits per heavy atom. The van der Waals surface area contributed by atoms with Crippen LogP contribution in [0.5, 0.6) is 5.75 Å². The largest absolute Gasteiger partial charge is 0.493 e. The van der Waals surface area contributed by atoms with Crippen LogP contribution in [0.4, 0.5) is 0 Å². The molecular formula is C12H14N2OS. The Kier molecular flexibility index (Phi) is 3.99. The fraction of sp³-hybridized carbons (Fsp3) is 0.333. The molecule has 1 aliphatic rings. The summed E-state index contributed by atoms with van der Waals surface area (Å²) in [6.07, 6.45) is 0.845. The summed E-state index contributed by atoms with van der Waals surface area (Å²) in [5, 5.41) is 7.93. The van der Waals surface area contributed by atoms with Crippen molar-refractivity contribution in [3.05, 3.63) is 29.8 Å². The highest BCUT2D eigenvalue weighted by Gasteiger charge is 2.03. The van der Waals surface area contributed by atoms with E-state index in [2.05, 4.69) is 17.1 Å². The Morgan fingerprint density at radius 3 is 2.81 bits per heavy atom. The van der Waals surface area contributed by atoms with Crippen LogP contribution in [0.2, 0.25) is 0 Å². The van der Waals surface area contributed by atoms with E-state index in [4.69, 9.17) is 4.74 Å². The second kappa shape index (κ2) is 5.70. The molecule has 0 radical (unpaired) electrons. The zero-order chi connectivity index (χ0) is 11.2. The van der Waals surface area contributed by atoms with Crippen LogP contribution >= 0.6 is 11.8 Å². The fourth-order valence-electron chi connectivity index (χ4n) is 1.34. The zero-order valence-corrected chi connectivity index (χ0v) is 10.0. The normalized spacial score (nSPS) is 14.7. The molecule has 1 aromatic rings. The van der Waals surface area contributed by atoms with Gasteiger partial charge in [-0.2, -0.15) is 10.2 Å². The van der Waals surface area contributed by atoms with Crippen LogP contribution in [0.3, 0.4) is 0 Å². The molecule has 0 spiro atoms. The van der Waals surface area contributed by atoms with E-state index in [0.717, 1.165) is 23.6 Å². The van der Waals surface area contributed by atoms with Crippen molar-refractivity contribution in [1.29, 1.82) is 0 Å². The minimum Gasteiger partial charge on any atom is -0.493 e. The Balaban J connectivity index is 1.77. The number of hydrogen-bond acceptors (Lipinski definition) is 4. The molecule has 1 aromatic carbocycles. The standard InChI is InChI=1S/C12H14N2OS/c1-10-2-4-12(5-3-10)15-7-6-11-8-16-9-13-14-11/h2-5,9H,6-8H2,1H3. The quantitative estimate of drug-likeness (QED) is 0.802. The first-order valence-electron chi connectivity index (χ1n) is 5.23. The van der Waals surface area contributed by atoms with Crippen molar-refractivity contribution < 1.29 is 4.74 Å². The van der Waals surface area contributed by atoms with Crippen molar-refractivity contribution in [2.24, 2.45) is 10.2 Å². The van der Waals surface area contributed by atoms with E-state index in [0.29, 0.717) is 6.61 Å². The van der Waals surface area contributed by atoms with Crippen LogP contribution < -0.4 is 4.74 Å². The van der Waals surface area contributed by atoms with Crippen molar-refractivity contribution in [2.45, 2.75) is 13.3 Å². The van der Waals surface area contributed by atoms with E-state index < -0.39 is 0 Å². The van der Waals surface area contributed by atoms with Gasteiger partial charge in [0, 0.05) is 12.2 Å². The van der Waals surface area contributed by atoms with Crippen LogP contribution in [0.15, 0.2) is 34.5 Å². The molecule has 3 nitrogen and oxygen atoms in total. The summed E-state index contributed by atoms with van der Waals surface area (Å²) < 4.78 is 5.62. The van der Waals surface area contributed by atoms with Crippen LogP contribution in [-0.2, 0) is 0 Å². The van der Waals surface area contributed by atoms with Gasteiger partial charge < -0.3 is 4.74 Å². The second-order valence-electron chi connectivity index (χ2n) is 3.61. The molecule has 0 atom stereocenters. The van der Waals surface area contributed by atoms with Gasteiger partial charge >= 0.3 is 0 Å². The average Bonchev–Trinajstić information content (AvgIpc) is 2.33. The van der Waals surface area contributed by atoms with Gasteiger partial charge in [-0.25, -0.2) is 0 Å². The molecule has 1 heterocycles. The maximum Gasteiger partial charge on any atom is 0.119 e. The summed E-state index contributed by atoms with van der Waals surface area (Å²) in [6.45, 7) is 2.73. The van der Waals surface area contributed by atoms with E-state index in [1.54, 1.807) is 17.3 Å². The molecule has 0 amide bonds. The third-order valence-electron chi connectivity index (χ3n) is 2.25. The number of thioether (sulfide) groups is 1. The molecule has 2 rings (SSSR count). The molecule has 4 heteroatoms. The van der Waals surface area contributed by atoms with Gasteiger partial charge in [-0.05, 0) is 19.1 Å². The average molecular weight is 234 g/mol. The Morgan fingerprint density at radius 1 is 1.31 bits per heavy atom. The van der Waals surface area contributed by atoms with Gasteiger partial charge in [0.2, 0.25) is 0 Å². The van der Waals surface area contributed by atoms with E-state index in [1.165, 1.54) is 5.56 Å². The van der Waals surface area contributed by atoms with Gasteiger partial charge in [0.15, 0.2) is 0 Å². The Hall–Kier alpha value is -1.29. The van der Waals surface area contributed by atoms with Crippen LogP contribution in [0.1, 0.15) is 12.0 Å². The van der Waals surface area contributed by atoms with Crippen LogP contribution in [0.25, 0.3) is 0 Å². The summed E-state index contributed by atoms with van der Waals surface area (Å²) in [7, 11) is 0. The summed E-state index contributed by atoms with van der Waals surface area (Å²) in [6, 6.07) is 8.08. The summed E-state index contributed by atoms with van der Waals surface area (Å²) in [5.74, 6) is 1.85. The first kappa shape index (κ1) is 11.2. The first-order valence-corrected chi connectivity index (χ1v) is 6.28. The molecule has 0 unspecified atom stereocenters. The molecule has 0 N–H and O–H groups in total. The van der Waals surface area contributed by atoms with Crippen molar-refractivity contribution >= 4 is 23.0 Å². The highest BCUT2D eigenvalue weighted by atomic mass is 32.2. The molecular weight excluding hydrogens is 220 g/mol. The van der Waals surface area contributed by atoms with Crippen molar-refractivity contribution in [1.82, 2.24) is 0 Å². The molecule has 0 saturated carbocycles. The van der Waals surface area contributed by atoms with Crippen molar-refractivity contribution in [3.8, 4) is 5.75 Å². The zero-order valence-electron chi connectivity index (χ0n) is 9.22. The molecule has 0 fully saturated rings. The van der Waals surface area contributed by atoms with Crippen molar-refractivity contribution in [3.63, 3.8) is 0 Å². The smallest absolute Gasteiger partial charge is 0.119 e. The van der Waals surface area contributed by atoms with Gasteiger partial charge in [0.05, 0.1) is 17.9 Å². The Bertz CT molecular complexity index is 398. The number of benzene rings is 1. The van der Waals surface area contributed by atoms with Gasteiger partial charge in [0.1, 0.15) is 5.75 Å². The number of rotatable bonds is 4. The minimum absolute atomic E-state index is 0.665. The number of hydrogen-bond donors (Lipinski definition) is 0. The lowest BCUT2D eigenvalue weighted by molar-refractivity contribution is 0.329. The minimum atomic E-state index is 0.665. The van der Waals surface area contributed by atoms with Gasteiger partial charge in [-0.3, -0.25) is 0 Å². The number of aryl methyl sites for hydroxylation is 1. The lowest BCUT2D eigenvalue weighted by Gasteiger charge is -2.08. The predicted molar refractivity (Wildman–Crippen MR) is 69.7 cm³/mol. The maximum atomic E-state index is 5.62. The molecule has 0 aliphatic carbocycles. The Labute approximate surface area is 99.6 Å². The molecule has 0 saturated heterocycles. The maximum absolute atomic E-state index is 5.62. The van der Waals surface area contributed by atoms with E-state index in [9.17, 15) is 0 Å². The molecule has 0 aromatic heterocycles. The summed E-state index contributed by atoms with van der Waals surface area (Å²) in [4.78, 5) is 0. The molecule has 16 heavy (non-hydrogen) atoms. The van der Waals surface area contributed by atoms with Crippen LogP contribution in [-0.4, -0.2) is 23.6 Å². The van der Waals surface area contributed by atoms with E-state index >= 15 is 0 Å². The molecule has 84 valence electrons. The third kappa shape index (κ3) is 3.38. The van der Waals surface area contributed by atoms with Crippen LogP contribution in [0, 0.1) is 6.92 Å².